The molecular formula is C18H22N4O3S. The van der Waals surface area contributed by atoms with Crippen molar-refractivity contribution in [2.45, 2.75) is 26.7 Å². The summed E-state index contributed by atoms with van der Waals surface area (Å²) in [6.45, 7) is 4.65. The largest absolute Gasteiger partial charge is 0.461 e. The molecule has 0 spiro atoms. The molecule has 0 bridgehead atoms. The second-order valence-electron chi connectivity index (χ2n) is 6.12. The number of anilines is 2. The fourth-order valence-electron chi connectivity index (χ4n) is 2.92. The lowest BCUT2D eigenvalue weighted by Crippen LogP contribution is -2.10. The predicted molar refractivity (Wildman–Crippen MR) is 105 cm³/mol. The highest BCUT2D eigenvalue weighted by molar-refractivity contribution is 7.21. The number of nitrogens with zero attached hydrogens (tertiary/aromatic N) is 1. The number of nitrogens with two attached hydrogens (primary N) is 2. The first-order chi connectivity index (χ1) is 12.4. The summed E-state index contributed by atoms with van der Waals surface area (Å²) in [6.07, 6.45) is 1.54. The maximum absolute atomic E-state index is 11.7. The number of primary amides is 1. The monoisotopic (exact) mass is 374 g/mol. The van der Waals surface area contributed by atoms with Crippen LogP contribution in [0.2, 0.25) is 0 Å². The van der Waals surface area contributed by atoms with E-state index >= 15 is 0 Å². The number of nitrogens with one attached hydrogen (secondary N) is 1. The maximum Gasteiger partial charge on any atom is 0.260 e. The summed E-state index contributed by atoms with van der Waals surface area (Å²) in [5.74, 6) is 1.59. The van der Waals surface area contributed by atoms with E-state index in [4.69, 9.17) is 21.0 Å². The zero-order chi connectivity index (χ0) is 18.8. The van der Waals surface area contributed by atoms with E-state index in [0.29, 0.717) is 38.9 Å². The number of pyridine rings is 1. The molecule has 0 aliphatic carbocycles. The summed E-state index contributed by atoms with van der Waals surface area (Å²) in [4.78, 5) is 17.3. The highest BCUT2D eigenvalue weighted by atomic mass is 32.1. The first-order valence-electron chi connectivity index (χ1n) is 8.38. The van der Waals surface area contributed by atoms with Crippen molar-refractivity contribution >= 4 is 39.0 Å². The van der Waals surface area contributed by atoms with E-state index in [2.05, 4.69) is 10.3 Å². The van der Waals surface area contributed by atoms with Gasteiger partial charge in [-0.1, -0.05) is 0 Å². The fraction of sp³-hybridized carbons (Fsp3) is 0.333. The van der Waals surface area contributed by atoms with Gasteiger partial charge >= 0.3 is 0 Å². The topological polar surface area (TPSA) is 127 Å². The minimum atomic E-state index is -0.567. The number of aryl methyl sites for hydroxylation is 1. The van der Waals surface area contributed by atoms with Crippen LogP contribution in [0.1, 0.15) is 33.8 Å². The number of amides is 1. The van der Waals surface area contributed by atoms with Crippen LogP contribution in [-0.2, 0) is 0 Å². The number of furan rings is 1. The van der Waals surface area contributed by atoms with Crippen LogP contribution in [0.5, 0.6) is 0 Å². The summed E-state index contributed by atoms with van der Waals surface area (Å²) in [5, 5.41) is 12.9. The molecule has 3 aromatic heterocycles. The Hall–Kier alpha value is -2.58. The number of thiophene rings is 1. The van der Waals surface area contributed by atoms with Crippen molar-refractivity contribution in [3.8, 4) is 11.3 Å². The first-order valence-corrected chi connectivity index (χ1v) is 9.19. The number of fused-ring (bicyclic) bond motifs is 1. The predicted octanol–water partition coefficient (Wildman–Crippen LogP) is 3.04. The van der Waals surface area contributed by atoms with E-state index in [1.807, 2.05) is 26.0 Å². The summed E-state index contributed by atoms with van der Waals surface area (Å²) in [5.41, 5.74) is 13.7. The molecule has 3 heterocycles. The van der Waals surface area contributed by atoms with Gasteiger partial charge < -0.3 is 26.3 Å². The van der Waals surface area contributed by atoms with Crippen LogP contribution in [0.25, 0.3) is 21.5 Å². The Morgan fingerprint density at radius 1 is 1.35 bits per heavy atom. The Bertz CT molecular complexity index is 961. The zero-order valence-corrected chi connectivity index (χ0v) is 15.6. The molecule has 0 aromatic carbocycles. The first kappa shape index (κ1) is 18.2. The quantitative estimate of drug-likeness (QED) is 0.471. The van der Waals surface area contributed by atoms with E-state index in [-0.39, 0.29) is 6.61 Å². The van der Waals surface area contributed by atoms with Gasteiger partial charge in [0, 0.05) is 29.7 Å². The molecule has 8 heteroatoms. The van der Waals surface area contributed by atoms with Crippen LogP contribution >= 0.6 is 11.3 Å². The van der Waals surface area contributed by atoms with Crippen molar-refractivity contribution in [2.75, 3.05) is 24.2 Å². The van der Waals surface area contributed by atoms with E-state index in [1.165, 1.54) is 11.3 Å². The fourth-order valence-corrected chi connectivity index (χ4v) is 3.88. The van der Waals surface area contributed by atoms with Crippen molar-refractivity contribution in [3.05, 3.63) is 28.3 Å². The minimum absolute atomic E-state index is 0.160. The summed E-state index contributed by atoms with van der Waals surface area (Å²) < 4.78 is 5.83. The van der Waals surface area contributed by atoms with Gasteiger partial charge in [-0.05, 0) is 38.8 Å². The summed E-state index contributed by atoms with van der Waals surface area (Å²) >= 11 is 1.18. The Balaban J connectivity index is 2.18. The van der Waals surface area contributed by atoms with Crippen LogP contribution in [0.3, 0.4) is 0 Å². The minimum Gasteiger partial charge on any atom is -0.461 e. The summed E-state index contributed by atoms with van der Waals surface area (Å²) in [7, 11) is 0. The SMILES string of the molecule is Cc1ccc(-c2c(C)c(NCCCCO)nc3sc(C(N)=O)c(N)c23)o1. The van der Waals surface area contributed by atoms with Crippen molar-refractivity contribution in [1.29, 1.82) is 0 Å². The number of carbonyl (C=O) groups is 1. The third-order valence-corrected chi connectivity index (χ3v) is 5.32. The van der Waals surface area contributed by atoms with Gasteiger partial charge in [0.05, 0.1) is 5.69 Å². The van der Waals surface area contributed by atoms with Gasteiger partial charge in [0.2, 0.25) is 0 Å². The average Bonchev–Trinajstić information content (AvgIpc) is 3.16. The number of hydrogen-bond donors (Lipinski definition) is 4. The second kappa shape index (κ2) is 7.35. The third-order valence-electron chi connectivity index (χ3n) is 4.21. The van der Waals surface area contributed by atoms with Gasteiger partial charge in [-0.2, -0.15) is 0 Å². The van der Waals surface area contributed by atoms with Crippen molar-refractivity contribution in [3.63, 3.8) is 0 Å². The van der Waals surface area contributed by atoms with Crippen LogP contribution in [0.15, 0.2) is 16.5 Å². The van der Waals surface area contributed by atoms with Crippen LogP contribution < -0.4 is 16.8 Å². The normalized spacial score (nSPS) is 11.2. The molecule has 0 saturated carbocycles. The van der Waals surface area contributed by atoms with Crippen LogP contribution in [0.4, 0.5) is 11.5 Å². The molecule has 0 radical (unpaired) electrons. The third kappa shape index (κ3) is 3.25. The molecule has 0 saturated heterocycles. The molecule has 0 fully saturated rings. The van der Waals surface area contributed by atoms with E-state index in [0.717, 1.165) is 29.7 Å². The molecule has 3 aromatic rings. The number of rotatable bonds is 7. The molecule has 6 N–H and O–H groups in total. The lowest BCUT2D eigenvalue weighted by molar-refractivity contribution is 0.100. The number of aromatic nitrogens is 1. The van der Waals surface area contributed by atoms with Crippen LogP contribution in [-0.4, -0.2) is 29.1 Å². The molecular weight excluding hydrogens is 352 g/mol. The van der Waals surface area contributed by atoms with Gasteiger partial charge in [0.25, 0.3) is 5.91 Å². The highest BCUT2D eigenvalue weighted by Crippen LogP contribution is 2.43. The maximum atomic E-state index is 11.7. The number of aliphatic hydroxyl groups excluding tert-OH is 1. The molecule has 0 aliphatic rings. The Morgan fingerprint density at radius 2 is 2.12 bits per heavy atom. The molecule has 3 rings (SSSR count). The van der Waals surface area contributed by atoms with Gasteiger partial charge in [0.1, 0.15) is 27.0 Å². The molecule has 0 aliphatic heterocycles. The van der Waals surface area contributed by atoms with E-state index in [1.54, 1.807) is 0 Å². The highest BCUT2D eigenvalue weighted by Gasteiger charge is 2.23. The number of hydrogen-bond acceptors (Lipinski definition) is 7. The van der Waals surface area contributed by atoms with Gasteiger partial charge in [-0.25, -0.2) is 4.98 Å². The van der Waals surface area contributed by atoms with Gasteiger partial charge in [-0.15, -0.1) is 11.3 Å². The van der Waals surface area contributed by atoms with Crippen molar-refractivity contribution in [1.82, 2.24) is 4.98 Å². The van der Waals surface area contributed by atoms with Gasteiger partial charge in [-0.3, -0.25) is 4.79 Å². The van der Waals surface area contributed by atoms with Crippen LogP contribution in [0, 0.1) is 13.8 Å². The molecule has 7 nitrogen and oxygen atoms in total. The number of aliphatic hydroxyl groups is 1. The lowest BCUT2D eigenvalue weighted by Gasteiger charge is -2.13. The molecule has 26 heavy (non-hydrogen) atoms. The Morgan fingerprint density at radius 3 is 2.73 bits per heavy atom. The average molecular weight is 374 g/mol. The number of unbranched alkanes of at least 4 members (excludes halogenated alkanes) is 1. The molecule has 0 atom stereocenters. The second-order valence-corrected chi connectivity index (χ2v) is 7.12. The lowest BCUT2D eigenvalue weighted by atomic mass is 10.0. The molecule has 138 valence electrons. The Labute approximate surface area is 155 Å². The van der Waals surface area contributed by atoms with Crippen molar-refractivity contribution in [2.24, 2.45) is 5.73 Å². The zero-order valence-electron chi connectivity index (χ0n) is 14.8. The Kier molecular flexibility index (Phi) is 5.15. The number of carbonyl (C=O) groups excluding carboxylic acids is 1. The smallest absolute Gasteiger partial charge is 0.260 e. The number of nitrogen functional groups attached to an aromatic ring is 1. The van der Waals surface area contributed by atoms with E-state index in [9.17, 15) is 4.79 Å². The molecule has 1 amide bonds. The van der Waals surface area contributed by atoms with E-state index < -0.39 is 5.91 Å². The summed E-state index contributed by atoms with van der Waals surface area (Å²) in [6, 6.07) is 3.76. The van der Waals surface area contributed by atoms with Crippen molar-refractivity contribution < 1.29 is 14.3 Å². The van der Waals surface area contributed by atoms with Gasteiger partial charge in [0.15, 0.2) is 0 Å². The molecule has 0 unspecified atom stereocenters. The standard InChI is InChI=1S/C18H22N4O3S/c1-9-5-6-11(25-9)12-10(2)17(21-7-3-4-8-23)22-18-13(12)14(19)15(26-18)16(20)24/h5-6,23H,3-4,7-8,19H2,1-2H3,(H2,20,24)(H,21,22).